The number of halogens is 2. The van der Waals surface area contributed by atoms with Crippen molar-refractivity contribution in [2.45, 2.75) is 6.92 Å². The van der Waals surface area contributed by atoms with Gasteiger partial charge in [0.1, 0.15) is 11.3 Å². The van der Waals surface area contributed by atoms with Crippen LogP contribution < -0.4 is 5.32 Å². The summed E-state index contributed by atoms with van der Waals surface area (Å²) in [5.74, 6) is 0.247. The molecule has 0 amide bonds. The van der Waals surface area contributed by atoms with Crippen LogP contribution in [0.2, 0.25) is 5.28 Å². The second kappa shape index (κ2) is 4.47. The number of imidazole rings is 1. The Labute approximate surface area is 112 Å². The van der Waals surface area contributed by atoms with Gasteiger partial charge in [-0.15, -0.1) is 0 Å². The van der Waals surface area contributed by atoms with E-state index in [-0.39, 0.29) is 11.1 Å². The molecular weight excluding hydrogens is 269 g/mol. The number of H-pyrrole nitrogens is 1. The highest BCUT2D eigenvalue weighted by Gasteiger charge is 2.09. The lowest BCUT2D eigenvalue weighted by Gasteiger charge is -2.07. The molecule has 2 heterocycles. The molecule has 96 valence electrons. The number of hydrogen-bond donors (Lipinski definition) is 2. The summed E-state index contributed by atoms with van der Waals surface area (Å²) >= 11 is 5.83. The number of rotatable bonds is 2. The Hall–Kier alpha value is -2.21. The summed E-state index contributed by atoms with van der Waals surface area (Å²) in [5.41, 5.74) is 2.38. The van der Waals surface area contributed by atoms with Gasteiger partial charge in [0.25, 0.3) is 0 Å². The van der Waals surface area contributed by atoms with Crippen molar-refractivity contribution in [2.24, 2.45) is 0 Å². The maximum Gasteiger partial charge on any atom is 0.226 e. The van der Waals surface area contributed by atoms with E-state index in [0.29, 0.717) is 28.2 Å². The van der Waals surface area contributed by atoms with Gasteiger partial charge in [-0.05, 0) is 42.3 Å². The predicted octanol–water partition coefficient (Wildman–Crippen LogP) is 3.20. The van der Waals surface area contributed by atoms with E-state index < -0.39 is 0 Å². The highest BCUT2D eigenvalue weighted by atomic mass is 35.5. The second-order valence-corrected chi connectivity index (χ2v) is 4.37. The Morgan fingerprint density at radius 1 is 1.32 bits per heavy atom. The lowest BCUT2D eigenvalue weighted by atomic mass is 10.2. The van der Waals surface area contributed by atoms with Gasteiger partial charge in [-0.2, -0.15) is 9.97 Å². The topological polar surface area (TPSA) is 66.5 Å². The third kappa shape index (κ3) is 2.22. The van der Waals surface area contributed by atoms with Crippen LogP contribution in [0, 0.1) is 12.7 Å². The highest BCUT2D eigenvalue weighted by Crippen LogP contribution is 2.23. The minimum Gasteiger partial charge on any atom is -0.340 e. The van der Waals surface area contributed by atoms with Crippen LogP contribution in [0.25, 0.3) is 11.2 Å². The first kappa shape index (κ1) is 11.9. The maximum absolute atomic E-state index is 13.2. The van der Waals surface area contributed by atoms with Gasteiger partial charge in [0.15, 0.2) is 11.5 Å². The first-order valence-corrected chi connectivity index (χ1v) is 5.91. The summed E-state index contributed by atoms with van der Waals surface area (Å²) in [6.07, 6.45) is 1.51. The molecule has 0 spiro atoms. The number of aromatic nitrogens is 4. The van der Waals surface area contributed by atoms with E-state index in [9.17, 15) is 4.39 Å². The van der Waals surface area contributed by atoms with Gasteiger partial charge in [-0.3, -0.25) is 0 Å². The molecule has 3 rings (SSSR count). The zero-order chi connectivity index (χ0) is 13.4. The average Bonchev–Trinajstić information content (AvgIpc) is 2.82. The Kier molecular flexibility index (Phi) is 2.79. The maximum atomic E-state index is 13.2. The molecule has 0 unspecified atom stereocenters. The fourth-order valence-electron chi connectivity index (χ4n) is 1.76. The summed E-state index contributed by atoms with van der Waals surface area (Å²) in [6, 6.07) is 4.71. The van der Waals surface area contributed by atoms with Crippen LogP contribution >= 0.6 is 11.6 Å². The molecule has 0 bridgehead atoms. The SMILES string of the molecule is Cc1cc(Nc2nc(Cl)nc3nc[nH]c23)ccc1F. The molecule has 19 heavy (non-hydrogen) atoms. The van der Waals surface area contributed by atoms with Crippen LogP contribution in [-0.4, -0.2) is 19.9 Å². The van der Waals surface area contributed by atoms with E-state index in [0.717, 1.165) is 0 Å². The molecule has 0 aliphatic rings. The minimum atomic E-state index is -0.252. The van der Waals surface area contributed by atoms with Gasteiger partial charge in [-0.25, -0.2) is 9.37 Å². The molecule has 0 fully saturated rings. The van der Waals surface area contributed by atoms with Crippen LogP contribution in [0.4, 0.5) is 15.9 Å². The van der Waals surface area contributed by atoms with E-state index >= 15 is 0 Å². The molecule has 2 aromatic heterocycles. The molecule has 0 aliphatic carbocycles. The van der Waals surface area contributed by atoms with E-state index in [1.54, 1.807) is 19.1 Å². The van der Waals surface area contributed by atoms with E-state index in [1.165, 1.54) is 12.4 Å². The third-order valence-corrected chi connectivity index (χ3v) is 2.85. The number of nitrogens with one attached hydrogen (secondary N) is 2. The highest BCUT2D eigenvalue weighted by molar-refractivity contribution is 6.28. The number of anilines is 2. The van der Waals surface area contributed by atoms with Crippen LogP contribution in [0.15, 0.2) is 24.5 Å². The van der Waals surface area contributed by atoms with Crippen LogP contribution in [-0.2, 0) is 0 Å². The van der Waals surface area contributed by atoms with Crippen molar-refractivity contribution in [3.63, 3.8) is 0 Å². The lowest BCUT2D eigenvalue weighted by Crippen LogP contribution is -1.98. The largest absolute Gasteiger partial charge is 0.340 e. The first-order chi connectivity index (χ1) is 9.13. The summed E-state index contributed by atoms with van der Waals surface area (Å²) in [5, 5.41) is 3.17. The molecule has 0 atom stereocenters. The summed E-state index contributed by atoms with van der Waals surface area (Å²) in [7, 11) is 0. The smallest absolute Gasteiger partial charge is 0.226 e. The van der Waals surface area contributed by atoms with Crippen molar-refractivity contribution in [3.05, 3.63) is 41.2 Å². The summed E-state index contributed by atoms with van der Waals surface area (Å²) < 4.78 is 13.2. The number of aryl methyl sites for hydroxylation is 1. The van der Waals surface area contributed by atoms with Gasteiger partial charge >= 0.3 is 0 Å². The Balaban J connectivity index is 2.04. The zero-order valence-corrected chi connectivity index (χ0v) is 10.7. The number of nitrogens with zero attached hydrogens (tertiary/aromatic N) is 3. The fourth-order valence-corrected chi connectivity index (χ4v) is 1.92. The first-order valence-electron chi connectivity index (χ1n) is 5.53. The molecule has 7 heteroatoms. The number of fused-ring (bicyclic) bond motifs is 1. The summed E-state index contributed by atoms with van der Waals surface area (Å²) in [6.45, 7) is 1.69. The third-order valence-electron chi connectivity index (χ3n) is 2.68. The number of benzene rings is 1. The lowest BCUT2D eigenvalue weighted by molar-refractivity contribution is 0.619. The van der Waals surface area contributed by atoms with Gasteiger partial charge in [-0.1, -0.05) is 0 Å². The monoisotopic (exact) mass is 277 g/mol. The fraction of sp³-hybridized carbons (Fsp3) is 0.0833. The Bertz CT molecular complexity index is 755. The molecule has 1 aromatic carbocycles. The molecule has 0 radical (unpaired) electrons. The van der Waals surface area contributed by atoms with Crippen molar-refractivity contribution in [1.82, 2.24) is 19.9 Å². The van der Waals surface area contributed by atoms with Gasteiger partial charge < -0.3 is 10.3 Å². The Morgan fingerprint density at radius 2 is 2.16 bits per heavy atom. The van der Waals surface area contributed by atoms with Crippen LogP contribution in [0.3, 0.4) is 0 Å². The molecule has 0 aliphatic heterocycles. The molecule has 3 aromatic rings. The number of aromatic amines is 1. The van der Waals surface area contributed by atoms with E-state index in [1.807, 2.05) is 0 Å². The quantitative estimate of drug-likeness (QED) is 0.706. The minimum absolute atomic E-state index is 0.0981. The molecule has 0 saturated heterocycles. The standard InChI is InChI=1S/C12H9ClFN5/c1-6-4-7(2-3-8(6)14)17-11-9-10(16-5-15-9)18-12(13)19-11/h2-5H,1H3,(H2,15,16,17,18,19). The predicted molar refractivity (Wildman–Crippen MR) is 71.1 cm³/mol. The van der Waals surface area contributed by atoms with E-state index in [2.05, 4.69) is 25.3 Å². The van der Waals surface area contributed by atoms with Gasteiger partial charge in [0.2, 0.25) is 5.28 Å². The normalized spacial score (nSPS) is 10.9. The molecule has 0 saturated carbocycles. The van der Waals surface area contributed by atoms with Gasteiger partial charge in [0.05, 0.1) is 6.33 Å². The van der Waals surface area contributed by atoms with Crippen molar-refractivity contribution in [3.8, 4) is 0 Å². The van der Waals surface area contributed by atoms with E-state index in [4.69, 9.17) is 11.6 Å². The van der Waals surface area contributed by atoms with Gasteiger partial charge in [0, 0.05) is 5.69 Å². The van der Waals surface area contributed by atoms with Crippen LogP contribution in [0.5, 0.6) is 0 Å². The zero-order valence-electron chi connectivity index (χ0n) is 9.91. The molecular formula is C12H9ClFN5. The van der Waals surface area contributed by atoms with Crippen molar-refractivity contribution >= 4 is 34.3 Å². The summed E-state index contributed by atoms with van der Waals surface area (Å²) in [4.78, 5) is 15.0. The van der Waals surface area contributed by atoms with Crippen molar-refractivity contribution in [1.29, 1.82) is 0 Å². The molecule has 5 nitrogen and oxygen atoms in total. The van der Waals surface area contributed by atoms with Crippen LogP contribution in [0.1, 0.15) is 5.56 Å². The average molecular weight is 278 g/mol. The van der Waals surface area contributed by atoms with Crippen molar-refractivity contribution < 1.29 is 4.39 Å². The second-order valence-electron chi connectivity index (χ2n) is 4.03. The van der Waals surface area contributed by atoms with Crippen molar-refractivity contribution in [2.75, 3.05) is 5.32 Å². The molecule has 2 N–H and O–H groups in total. The Morgan fingerprint density at radius 3 is 2.95 bits per heavy atom. The number of hydrogen-bond acceptors (Lipinski definition) is 4.